The summed E-state index contributed by atoms with van der Waals surface area (Å²) < 4.78 is 41.4. The van der Waals surface area contributed by atoms with Gasteiger partial charge in [0.2, 0.25) is 5.78 Å². The van der Waals surface area contributed by atoms with E-state index in [-0.39, 0.29) is 10.7 Å². The normalized spacial score (nSPS) is 12.8. The molecule has 0 aliphatic carbocycles. The minimum Gasteiger partial charge on any atom is -0.457 e. The molecule has 0 amide bonds. The van der Waals surface area contributed by atoms with E-state index in [2.05, 4.69) is 6.92 Å². The fraction of sp³-hybridized carbons (Fsp3) is 0.588. The first-order valence-corrected chi connectivity index (χ1v) is 9.62. The smallest absolute Gasteiger partial charge is 0.294 e. The van der Waals surface area contributed by atoms with Crippen LogP contribution in [0.1, 0.15) is 51.9 Å². The maximum Gasteiger partial charge on any atom is 0.294 e. The van der Waals surface area contributed by atoms with Crippen molar-refractivity contribution in [3.63, 3.8) is 0 Å². The number of rotatable bonds is 12. The van der Waals surface area contributed by atoms with Gasteiger partial charge in [-0.2, -0.15) is 8.42 Å². The van der Waals surface area contributed by atoms with E-state index in [0.29, 0.717) is 12.2 Å². The summed E-state index contributed by atoms with van der Waals surface area (Å²) in [6, 6.07) is 5.14. The van der Waals surface area contributed by atoms with E-state index < -0.39 is 16.4 Å². The second kappa shape index (κ2) is 10.4. The third-order valence-electron chi connectivity index (χ3n) is 3.62. The van der Waals surface area contributed by atoms with Crippen LogP contribution in [0.3, 0.4) is 0 Å². The molecule has 0 aliphatic rings. The lowest BCUT2D eigenvalue weighted by Crippen LogP contribution is -2.29. The summed E-state index contributed by atoms with van der Waals surface area (Å²) in [5.74, 6) is 0.150. The SMILES string of the molecule is CCCCCCCCC(=O)C(OC)Oc1ccc(S(=O)(=O)O)cc1. The molecule has 0 bridgehead atoms. The average Bonchev–Trinajstić information content (AvgIpc) is 2.55. The van der Waals surface area contributed by atoms with Crippen LogP contribution >= 0.6 is 0 Å². The highest BCUT2D eigenvalue weighted by Crippen LogP contribution is 2.18. The first-order valence-electron chi connectivity index (χ1n) is 8.18. The largest absolute Gasteiger partial charge is 0.457 e. The van der Waals surface area contributed by atoms with Gasteiger partial charge in [-0.15, -0.1) is 0 Å². The Hall–Kier alpha value is -1.44. The van der Waals surface area contributed by atoms with Crippen LogP contribution in [0.5, 0.6) is 5.75 Å². The van der Waals surface area contributed by atoms with Gasteiger partial charge in [0.05, 0.1) is 4.90 Å². The number of ether oxygens (including phenoxy) is 2. The van der Waals surface area contributed by atoms with Crippen molar-refractivity contribution in [1.29, 1.82) is 0 Å². The lowest BCUT2D eigenvalue weighted by molar-refractivity contribution is -0.145. The maximum absolute atomic E-state index is 12.1. The van der Waals surface area contributed by atoms with Crippen molar-refractivity contribution < 1.29 is 27.2 Å². The topological polar surface area (TPSA) is 89.9 Å². The molecule has 1 rings (SSSR count). The standard InChI is InChI=1S/C17H26O6S/c1-3-4-5-6-7-8-9-16(18)17(22-2)23-14-10-12-15(13-11-14)24(19,20)21/h10-13,17H,3-9H2,1-2H3,(H,19,20,21). The van der Waals surface area contributed by atoms with Crippen molar-refractivity contribution in [1.82, 2.24) is 0 Å². The van der Waals surface area contributed by atoms with Gasteiger partial charge in [-0.1, -0.05) is 39.0 Å². The second-order valence-electron chi connectivity index (χ2n) is 5.62. The third-order valence-corrected chi connectivity index (χ3v) is 4.49. The summed E-state index contributed by atoms with van der Waals surface area (Å²) in [4.78, 5) is 11.9. The molecule has 1 aromatic rings. The van der Waals surface area contributed by atoms with Gasteiger partial charge in [-0.3, -0.25) is 9.35 Å². The molecule has 0 saturated carbocycles. The Morgan fingerprint density at radius 1 is 1.08 bits per heavy atom. The molecule has 0 spiro atoms. The van der Waals surface area contributed by atoms with Crippen molar-refractivity contribution in [3.05, 3.63) is 24.3 Å². The Morgan fingerprint density at radius 2 is 1.67 bits per heavy atom. The van der Waals surface area contributed by atoms with Gasteiger partial charge >= 0.3 is 0 Å². The van der Waals surface area contributed by atoms with Crippen molar-refractivity contribution >= 4 is 15.9 Å². The molecule has 136 valence electrons. The molecule has 0 heterocycles. The predicted molar refractivity (Wildman–Crippen MR) is 90.7 cm³/mol. The molecule has 1 unspecified atom stereocenters. The van der Waals surface area contributed by atoms with Crippen LogP contribution in [0.25, 0.3) is 0 Å². The minimum absolute atomic E-state index is 0.146. The van der Waals surface area contributed by atoms with Gasteiger partial charge in [0.15, 0.2) is 0 Å². The van der Waals surface area contributed by atoms with Crippen LogP contribution in [0, 0.1) is 0 Å². The monoisotopic (exact) mass is 358 g/mol. The molecule has 0 aliphatic heterocycles. The number of carbonyl (C=O) groups excluding carboxylic acids is 1. The van der Waals surface area contributed by atoms with Gasteiger partial charge < -0.3 is 9.47 Å². The van der Waals surface area contributed by atoms with Crippen molar-refractivity contribution in [2.75, 3.05) is 7.11 Å². The van der Waals surface area contributed by atoms with E-state index in [1.54, 1.807) is 0 Å². The summed E-state index contributed by atoms with van der Waals surface area (Å²) in [7, 11) is -2.86. The number of benzene rings is 1. The van der Waals surface area contributed by atoms with E-state index in [1.807, 2.05) is 0 Å². The predicted octanol–water partition coefficient (Wildman–Crippen LogP) is 3.60. The van der Waals surface area contributed by atoms with Crippen LogP contribution in [0.4, 0.5) is 0 Å². The Labute approximate surface area is 143 Å². The zero-order chi connectivity index (χ0) is 18.0. The zero-order valence-corrected chi connectivity index (χ0v) is 15.0. The third kappa shape index (κ3) is 7.42. The summed E-state index contributed by atoms with van der Waals surface area (Å²) in [6.07, 6.45) is 5.89. The maximum atomic E-state index is 12.1. The van der Waals surface area contributed by atoms with E-state index in [9.17, 15) is 13.2 Å². The molecular weight excluding hydrogens is 332 g/mol. The molecule has 7 heteroatoms. The second-order valence-corrected chi connectivity index (χ2v) is 7.04. The zero-order valence-electron chi connectivity index (χ0n) is 14.2. The van der Waals surface area contributed by atoms with Crippen LogP contribution in [0.15, 0.2) is 29.2 Å². The highest BCUT2D eigenvalue weighted by Gasteiger charge is 2.19. The number of Topliss-reactive ketones (excluding diaryl/α,β-unsaturated/α-hetero) is 1. The van der Waals surface area contributed by atoms with Crippen molar-refractivity contribution in [2.45, 2.75) is 63.1 Å². The molecule has 1 aromatic carbocycles. The quantitative estimate of drug-likeness (QED) is 0.349. The van der Waals surface area contributed by atoms with Gasteiger partial charge in [0, 0.05) is 13.5 Å². The van der Waals surface area contributed by atoms with E-state index in [4.69, 9.17) is 14.0 Å². The molecule has 1 atom stereocenters. The molecule has 0 aromatic heterocycles. The fourth-order valence-electron chi connectivity index (χ4n) is 2.26. The van der Waals surface area contributed by atoms with E-state index in [0.717, 1.165) is 19.3 Å². The number of hydrogen-bond donors (Lipinski definition) is 1. The Morgan fingerprint density at radius 3 is 2.21 bits per heavy atom. The van der Waals surface area contributed by atoms with E-state index in [1.165, 1.54) is 50.6 Å². The number of hydrogen-bond acceptors (Lipinski definition) is 5. The average molecular weight is 358 g/mol. The molecule has 1 N–H and O–H groups in total. The van der Waals surface area contributed by atoms with Crippen molar-refractivity contribution in [3.8, 4) is 5.75 Å². The molecular formula is C17H26O6S. The summed E-state index contributed by atoms with van der Waals surface area (Å²) in [5.41, 5.74) is 0. The Kier molecular flexibility index (Phi) is 8.95. The first kappa shape index (κ1) is 20.6. The number of ketones is 1. The number of methoxy groups -OCH3 is 1. The summed E-state index contributed by atoms with van der Waals surface area (Å²) in [6.45, 7) is 2.16. The number of carbonyl (C=O) groups is 1. The van der Waals surface area contributed by atoms with Crippen LogP contribution in [-0.4, -0.2) is 32.2 Å². The minimum atomic E-state index is -4.25. The molecule has 6 nitrogen and oxygen atoms in total. The van der Waals surface area contributed by atoms with Gasteiger partial charge in [0.1, 0.15) is 5.75 Å². The Bertz CT molecular complexity index is 594. The lowest BCUT2D eigenvalue weighted by atomic mass is 10.1. The highest BCUT2D eigenvalue weighted by molar-refractivity contribution is 7.85. The van der Waals surface area contributed by atoms with Crippen LogP contribution < -0.4 is 4.74 Å². The molecule has 0 saturated heterocycles. The first-order chi connectivity index (χ1) is 11.4. The van der Waals surface area contributed by atoms with Crippen LogP contribution in [-0.2, 0) is 19.6 Å². The van der Waals surface area contributed by atoms with E-state index >= 15 is 0 Å². The summed E-state index contributed by atoms with van der Waals surface area (Å²) in [5, 5.41) is 0. The fourth-order valence-corrected chi connectivity index (χ4v) is 2.74. The number of unbranched alkanes of at least 4 members (excludes halogenated alkanes) is 5. The molecule has 0 radical (unpaired) electrons. The van der Waals surface area contributed by atoms with Gasteiger partial charge in [0.25, 0.3) is 16.4 Å². The van der Waals surface area contributed by atoms with Gasteiger partial charge in [-0.25, -0.2) is 0 Å². The highest BCUT2D eigenvalue weighted by atomic mass is 32.2. The van der Waals surface area contributed by atoms with Crippen LogP contribution in [0.2, 0.25) is 0 Å². The summed E-state index contributed by atoms with van der Waals surface area (Å²) >= 11 is 0. The molecule has 0 fully saturated rings. The molecule has 24 heavy (non-hydrogen) atoms. The van der Waals surface area contributed by atoms with Crippen molar-refractivity contribution in [2.24, 2.45) is 0 Å². The Balaban J connectivity index is 2.47. The lowest BCUT2D eigenvalue weighted by Gasteiger charge is -2.16. The van der Waals surface area contributed by atoms with Gasteiger partial charge in [-0.05, 0) is 30.7 Å².